The van der Waals surface area contributed by atoms with E-state index in [9.17, 15) is 22.8 Å². The Balaban J connectivity index is 1.88. The number of rotatable bonds is 10. The Morgan fingerprint density at radius 3 is 2.10 bits per heavy atom. The van der Waals surface area contributed by atoms with E-state index in [-0.39, 0.29) is 27.9 Å². The van der Waals surface area contributed by atoms with Gasteiger partial charge in [0.15, 0.2) is 0 Å². The molecule has 0 unspecified atom stereocenters. The van der Waals surface area contributed by atoms with Crippen LogP contribution in [0.15, 0.2) is 29.2 Å². The van der Waals surface area contributed by atoms with Crippen LogP contribution in [-0.2, 0) is 23.0 Å². The van der Waals surface area contributed by atoms with Crippen molar-refractivity contribution in [3.63, 3.8) is 0 Å². The molecule has 2 aromatic rings. The van der Waals surface area contributed by atoms with Crippen LogP contribution in [0.1, 0.15) is 72.7 Å². The summed E-state index contributed by atoms with van der Waals surface area (Å²) in [6, 6.07) is 5.52. The number of benzene rings is 1. The molecule has 0 bridgehead atoms. The number of hydrogen-bond acceptors (Lipinski definition) is 7. The van der Waals surface area contributed by atoms with Crippen LogP contribution >= 0.6 is 11.3 Å². The molecule has 4 amide bonds. The highest BCUT2D eigenvalue weighted by atomic mass is 32.2. The number of sulfonamides is 1. The molecular weight excluding hydrogens is 550 g/mol. The summed E-state index contributed by atoms with van der Waals surface area (Å²) in [6.45, 7) is 14.3. The van der Waals surface area contributed by atoms with E-state index in [1.807, 2.05) is 27.7 Å². The van der Waals surface area contributed by atoms with Crippen molar-refractivity contribution in [2.75, 3.05) is 32.0 Å². The summed E-state index contributed by atoms with van der Waals surface area (Å²) < 4.78 is 28.2. The third-order valence-electron chi connectivity index (χ3n) is 6.62. The minimum Gasteiger partial charge on any atom is -0.341 e. The van der Waals surface area contributed by atoms with Crippen LogP contribution in [0, 0.1) is 11.8 Å². The van der Waals surface area contributed by atoms with E-state index in [0.29, 0.717) is 37.1 Å². The third-order valence-corrected chi connectivity index (χ3v) is 9.59. The molecule has 3 rings (SSSR count). The van der Waals surface area contributed by atoms with Gasteiger partial charge in [0.25, 0.3) is 11.8 Å². The van der Waals surface area contributed by atoms with Gasteiger partial charge in [0.2, 0.25) is 10.0 Å². The molecule has 40 heavy (non-hydrogen) atoms. The smallest absolute Gasteiger partial charge is 0.321 e. The van der Waals surface area contributed by atoms with Gasteiger partial charge in [-0.2, -0.15) is 4.31 Å². The predicted molar refractivity (Wildman–Crippen MR) is 158 cm³/mol. The summed E-state index contributed by atoms with van der Waals surface area (Å²) in [5.74, 6) is -0.726. The summed E-state index contributed by atoms with van der Waals surface area (Å²) >= 11 is 1.32. The number of anilines is 1. The van der Waals surface area contributed by atoms with E-state index in [1.165, 1.54) is 47.0 Å². The lowest BCUT2D eigenvalue weighted by Crippen LogP contribution is -2.39. The first-order chi connectivity index (χ1) is 18.7. The SMILES string of the molecule is CNC(=O)NC(=O)c1c(NC(=O)c2ccc(S(=O)(=O)N(CC(C)C)CC(C)C)cc2)sc2c1CCN(C(C)C)C2. The first-order valence-electron chi connectivity index (χ1n) is 13.6. The van der Waals surface area contributed by atoms with Crippen molar-refractivity contribution in [1.29, 1.82) is 0 Å². The maximum absolute atomic E-state index is 13.3. The van der Waals surface area contributed by atoms with Gasteiger partial charge in [0, 0.05) is 49.7 Å². The number of hydrogen-bond donors (Lipinski definition) is 3. The van der Waals surface area contributed by atoms with Crippen molar-refractivity contribution in [1.82, 2.24) is 19.8 Å². The Bertz CT molecular complexity index is 1320. The molecule has 3 N–H and O–H groups in total. The molecule has 1 aromatic carbocycles. The van der Waals surface area contributed by atoms with Gasteiger partial charge in [-0.1, -0.05) is 27.7 Å². The molecule has 0 spiro atoms. The summed E-state index contributed by atoms with van der Waals surface area (Å²) in [6.07, 6.45) is 0.617. The molecule has 2 heterocycles. The van der Waals surface area contributed by atoms with Crippen LogP contribution in [-0.4, -0.2) is 68.2 Å². The number of carbonyl (C=O) groups is 3. The van der Waals surface area contributed by atoms with Crippen molar-refractivity contribution in [2.24, 2.45) is 11.8 Å². The van der Waals surface area contributed by atoms with Gasteiger partial charge in [0.1, 0.15) is 5.00 Å². The fourth-order valence-corrected chi connectivity index (χ4v) is 7.64. The first kappa shape index (κ1) is 31.7. The quantitative estimate of drug-likeness (QED) is 0.381. The monoisotopic (exact) mass is 591 g/mol. The number of carbonyl (C=O) groups excluding carboxylic acids is 3. The van der Waals surface area contributed by atoms with Gasteiger partial charge in [-0.25, -0.2) is 13.2 Å². The highest BCUT2D eigenvalue weighted by Gasteiger charge is 2.31. The summed E-state index contributed by atoms with van der Waals surface area (Å²) in [5, 5.41) is 7.89. The Morgan fingerprint density at radius 2 is 1.57 bits per heavy atom. The van der Waals surface area contributed by atoms with Crippen LogP contribution in [0.4, 0.5) is 9.80 Å². The topological polar surface area (TPSA) is 128 Å². The second-order valence-corrected chi connectivity index (χ2v) is 14.2. The zero-order valence-electron chi connectivity index (χ0n) is 24.3. The normalized spacial score (nSPS) is 14.1. The standard InChI is InChI=1S/C28H41N5O5S2/c1-17(2)14-33(15-18(3)4)40(37,38)21-10-8-20(9-11-21)25(34)30-27-24(26(35)31-28(36)29-7)22-12-13-32(19(5)6)16-23(22)39-27/h8-11,17-19H,12-16H2,1-7H3,(H,30,34)(H2,29,31,35,36). The van der Waals surface area contributed by atoms with E-state index in [4.69, 9.17) is 0 Å². The number of urea groups is 1. The van der Waals surface area contributed by atoms with E-state index in [0.717, 1.165) is 17.0 Å². The van der Waals surface area contributed by atoms with E-state index in [2.05, 4.69) is 34.7 Å². The van der Waals surface area contributed by atoms with Crippen molar-refractivity contribution in [3.8, 4) is 0 Å². The van der Waals surface area contributed by atoms with Gasteiger partial charge in [-0.05, 0) is 61.9 Å². The van der Waals surface area contributed by atoms with Crippen LogP contribution in [0.25, 0.3) is 0 Å². The van der Waals surface area contributed by atoms with Crippen LogP contribution in [0.2, 0.25) is 0 Å². The zero-order valence-corrected chi connectivity index (χ0v) is 26.0. The molecule has 10 nitrogen and oxygen atoms in total. The van der Waals surface area contributed by atoms with Crippen molar-refractivity contribution in [3.05, 3.63) is 45.8 Å². The maximum Gasteiger partial charge on any atom is 0.321 e. The summed E-state index contributed by atoms with van der Waals surface area (Å²) in [4.78, 5) is 41.6. The van der Waals surface area contributed by atoms with E-state index >= 15 is 0 Å². The largest absolute Gasteiger partial charge is 0.341 e. The highest BCUT2D eigenvalue weighted by molar-refractivity contribution is 7.89. The first-order valence-corrected chi connectivity index (χ1v) is 15.8. The van der Waals surface area contributed by atoms with Crippen LogP contribution in [0.3, 0.4) is 0 Å². The Morgan fingerprint density at radius 1 is 0.975 bits per heavy atom. The molecule has 0 fully saturated rings. The Labute approximate surface area is 241 Å². The molecule has 12 heteroatoms. The number of nitrogens with one attached hydrogen (secondary N) is 3. The van der Waals surface area contributed by atoms with Gasteiger partial charge in [-0.3, -0.25) is 19.8 Å². The predicted octanol–water partition coefficient (Wildman–Crippen LogP) is 4.14. The van der Waals surface area contributed by atoms with E-state index < -0.39 is 27.9 Å². The number of fused-ring (bicyclic) bond motifs is 1. The number of amides is 4. The molecule has 0 radical (unpaired) electrons. The molecule has 220 valence electrons. The molecule has 0 aliphatic carbocycles. The van der Waals surface area contributed by atoms with Gasteiger partial charge >= 0.3 is 6.03 Å². The summed E-state index contributed by atoms with van der Waals surface area (Å²) in [7, 11) is -2.31. The number of thiophene rings is 1. The second-order valence-electron chi connectivity index (χ2n) is 11.1. The van der Waals surface area contributed by atoms with Crippen molar-refractivity contribution >= 4 is 44.2 Å². The zero-order chi connectivity index (χ0) is 29.8. The minimum absolute atomic E-state index is 0.122. The lowest BCUT2D eigenvalue weighted by atomic mass is 10.0. The maximum atomic E-state index is 13.3. The average Bonchev–Trinajstić information content (AvgIpc) is 3.24. The average molecular weight is 592 g/mol. The lowest BCUT2D eigenvalue weighted by molar-refractivity contribution is 0.0963. The lowest BCUT2D eigenvalue weighted by Gasteiger charge is -2.30. The van der Waals surface area contributed by atoms with Gasteiger partial charge in [0.05, 0.1) is 10.5 Å². The van der Waals surface area contributed by atoms with Crippen molar-refractivity contribution in [2.45, 2.75) is 65.4 Å². The molecule has 1 aliphatic heterocycles. The Kier molecular flexibility index (Phi) is 10.5. The molecule has 0 saturated carbocycles. The number of imide groups is 1. The Hall–Kier alpha value is -2.80. The summed E-state index contributed by atoms with van der Waals surface area (Å²) in [5.41, 5.74) is 1.37. The van der Waals surface area contributed by atoms with Crippen LogP contribution < -0.4 is 16.0 Å². The van der Waals surface area contributed by atoms with Gasteiger partial charge in [-0.15, -0.1) is 11.3 Å². The molecular formula is C28H41N5O5S2. The number of nitrogens with zero attached hydrogens (tertiary/aromatic N) is 2. The fourth-order valence-electron chi connectivity index (χ4n) is 4.61. The second kappa shape index (κ2) is 13.2. The van der Waals surface area contributed by atoms with Crippen molar-refractivity contribution < 1.29 is 22.8 Å². The highest BCUT2D eigenvalue weighted by Crippen LogP contribution is 2.38. The molecule has 1 aliphatic rings. The van der Waals surface area contributed by atoms with Crippen LogP contribution in [0.5, 0.6) is 0 Å². The minimum atomic E-state index is -3.73. The molecule has 1 aromatic heterocycles. The molecule has 0 atom stereocenters. The third kappa shape index (κ3) is 7.48. The fraction of sp³-hybridized carbons (Fsp3) is 0.536. The van der Waals surface area contributed by atoms with Gasteiger partial charge < -0.3 is 10.6 Å². The molecule has 0 saturated heterocycles. The van der Waals surface area contributed by atoms with E-state index in [1.54, 1.807) is 0 Å².